The number of hydrogen-bond donors (Lipinski definition) is 2. The number of halogens is 1. The molecule has 7 nitrogen and oxygen atoms in total. The molecule has 0 radical (unpaired) electrons. The number of benzene rings is 1. The molecule has 3 N–H and O–H groups in total. The van der Waals surface area contributed by atoms with Crippen molar-refractivity contribution in [2.24, 2.45) is 0 Å². The lowest BCUT2D eigenvalue weighted by atomic mass is 10.2. The molecular formula is C11H10BrN3O4S2. The Kier molecular flexibility index (Phi) is 4.21. The van der Waals surface area contributed by atoms with Crippen LogP contribution in [0, 0.1) is 17.0 Å². The van der Waals surface area contributed by atoms with Gasteiger partial charge < -0.3 is 5.73 Å². The van der Waals surface area contributed by atoms with E-state index in [2.05, 4.69) is 20.7 Å². The van der Waals surface area contributed by atoms with Gasteiger partial charge in [0.05, 0.1) is 10.6 Å². The summed E-state index contributed by atoms with van der Waals surface area (Å²) in [6.07, 6.45) is 0. The van der Waals surface area contributed by atoms with E-state index < -0.39 is 20.6 Å². The minimum absolute atomic E-state index is 0.147. The number of nitrogens with two attached hydrogens (primary N) is 1. The Hall–Kier alpha value is -1.65. The molecule has 1 heterocycles. The van der Waals surface area contributed by atoms with Gasteiger partial charge in [-0.05, 0) is 30.7 Å². The standard InChI is InChI=1S/C11H10BrN3O4S2/c1-6-2-7(12)4-8(3-6)14-21(18,19)10-5-9(15(16)17)11(13)20-10/h2-5,14H,13H2,1H3. The van der Waals surface area contributed by atoms with Gasteiger partial charge in [-0.3, -0.25) is 14.8 Å². The SMILES string of the molecule is Cc1cc(Br)cc(NS(=O)(=O)c2cc([N+](=O)[O-])c(N)s2)c1. The second kappa shape index (κ2) is 5.62. The second-order valence-corrected chi connectivity index (χ2v) is 8.10. The van der Waals surface area contributed by atoms with Crippen LogP contribution < -0.4 is 10.5 Å². The minimum Gasteiger partial charge on any atom is -0.385 e. The van der Waals surface area contributed by atoms with Crippen molar-refractivity contribution < 1.29 is 13.3 Å². The maximum Gasteiger partial charge on any atom is 0.304 e. The number of sulfonamides is 1. The Balaban J connectivity index is 2.38. The van der Waals surface area contributed by atoms with Gasteiger partial charge in [0.15, 0.2) is 5.00 Å². The molecule has 0 bridgehead atoms. The van der Waals surface area contributed by atoms with Gasteiger partial charge in [0.1, 0.15) is 4.21 Å². The zero-order valence-electron chi connectivity index (χ0n) is 10.7. The molecule has 0 aliphatic rings. The molecular weight excluding hydrogens is 382 g/mol. The van der Waals surface area contributed by atoms with E-state index in [0.29, 0.717) is 17.0 Å². The van der Waals surface area contributed by atoms with Crippen molar-refractivity contribution in [2.45, 2.75) is 11.1 Å². The summed E-state index contributed by atoms with van der Waals surface area (Å²) in [6, 6.07) is 6.02. The maximum absolute atomic E-state index is 12.2. The average Bonchev–Trinajstić information content (AvgIpc) is 2.70. The summed E-state index contributed by atoms with van der Waals surface area (Å²) in [4.78, 5) is 10.0. The lowest BCUT2D eigenvalue weighted by Gasteiger charge is -2.07. The maximum atomic E-state index is 12.2. The van der Waals surface area contributed by atoms with E-state index in [-0.39, 0.29) is 9.21 Å². The number of nitrogens with zero attached hydrogens (tertiary/aromatic N) is 1. The molecule has 0 fully saturated rings. The molecule has 112 valence electrons. The highest BCUT2D eigenvalue weighted by molar-refractivity contribution is 9.10. The summed E-state index contributed by atoms with van der Waals surface area (Å²) in [5, 5.41) is 10.6. The first-order valence-corrected chi connectivity index (χ1v) is 8.62. The predicted octanol–water partition coefficient (Wildman–Crippen LogP) is 3.11. The summed E-state index contributed by atoms with van der Waals surface area (Å²) in [5.74, 6) is 0. The lowest BCUT2D eigenvalue weighted by Crippen LogP contribution is -2.11. The number of nitrogens with one attached hydrogen (secondary N) is 1. The normalized spacial score (nSPS) is 11.3. The summed E-state index contributed by atoms with van der Waals surface area (Å²) >= 11 is 3.92. The van der Waals surface area contributed by atoms with Crippen LogP contribution >= 0.6 is 27.3 Å². The molecule has 2 rings (SSSR count). The number of aryl methyl sites for hydroxylation is 1. The Morgan fingerprint density at radius 1 is 1.33 bits per heavy atom. The number of nitro groups is 1. The van der Waals surface area contributed by atoms with Crippen LogP contribution in [0.15, 0.2) is 32.9 Å². The quantitative estimate of drug-likeness (QED) is 0.613. The number of rotatable bonds is 4. The van der Waals surface area contributed by atoms with Gasteiger partial charge in [0.25, 0.3) is 10.0 Å². The third kappa shape index (κ3) is 3.52. The largest absolute Gasteiger partial charge is 0.385 e. The zero-order valence-corrected chi connectivity index (χ0v) is 13.9. The lowest BCUT2D eigenvalue weighted by molar-refractivity contribution is -0.383. The first-order chi connectivity index (χ1) is 9.69. The Bertz CT molecular complexity index is 797. The molecule has 0 saturated carbocycles. The topological polar surface area (TPSA) is 115 Å². The third-order valence-corrected chi connectivity index (χ3v) is 5.74. The van der Waals surface area contributed by atoms with E-state index >= 15 is 0 Å². The molecule has 0 aliphatic carbocycles. The van der Waals surface area contributed by atoms with E-state index in [1.807, 2.05) is 13.0 Å². The van der Waals surface area contributed by atoms with E-state index in [4.69, 9.17) is 5.73 Å². The fraction of sp³-hybridized carbons (Fsp3) is 0.0909. The van der Waals surface area contributed by atoms with Gasteiger partial charge >= 0.3 is 5.69 Å². The molecule has 0 amide bonds. The smallest absolute Gasteiger partial charge is 0.304 e. The molecule has 0 saturated heterocycles. The van der Waals surface area contributed by atoms with Gasteiger partial charge in [0.2, 0.25) is 0 Å². The summed E-state index contributed by atoms with van der Waals surface area (Å²) in [7, 11) is -3.92. The van der Waals surface area contributed by atoms with Crippen LogP contribution in [0.25, 0.3) is 0 Å². The fourth-order valence-electron chi connectivity index (χ4n) is 1.65. The molecule has 2 aromatic rings. The first-order valence-electron chi connectivity index (χ1n) is 5.53. The Morgan fingerprint density at radius 2 is 2.00 bits per heavy atom. The number of nitrogen functional groups attached to an aromatic ring is 1. The van der Waals surface area contributed by atoms with Crippen molar-refractivity contribution >= 4 is 53.7 Å². The van der Waals surface area contributed by atoms with Crippen LogP contribution in [0.4, 0.5) is 16.4 Å². The van der Waals surface area contributed by atoms with Crippen LogP contribution in [-0.4, -0.2) is 13.3 Å². The van der Waals surface area contributed by atoms with Crippen LogP contribution in [0.3, 0.4) is 0 Å². The minimum atomic E-state index is -3.92. The highest BCUT2D eigenvalue weighted by Crippen LogP contribution is 2.35. The molecule has 1 aromatic heterocycles. The van der Waals surface area contributed by atoms with Crippen LogP contribution in [-0.2, 0) is 10.0 Å². The first kappa shape index (κ1) is 15.7. The Morgan fingerprint density at radius 3 is 2.52 bits per heavy atom. The molecule has 21 heavy (non-hydrogen) atoms. The highest BCUT2D eigenvalue weighted by Gasteiger charge is 2.24. The molecule has 0 atom stereocenters. The number of hydrogen-bond acceptors (Lipinski definition) is 6. The van der Waals surface area contributed by atoms with E-state index in [0.717, 1.165) is 16.1 Å². The van der Waals surface area contributed by atoms with E-state index in [9.17, 15) is 18.5 Å². The fourth-order valence-corrected chi connectivity index (χ4v) is 4.51. The monoisotopic (exact) mass is 391 g/mol. The summed E-state index contributed by atoms with van der Waals surface area (Å²) in [6.45, 7) is 1.82. The van der Waals surface area contributed by atoms with Gasteiger partial charge in [0, 0.05) is 10.5 Å². The van der Waals surface area contributed by atoms with Gasteiger partial charge in [-0.25, -0.2) is 8.42 Å². The van der Waals surface area contributed by atoms with E-state index in [1.165, 1.54) is 0 Å². The van der Waals surface area contributed by atoms with Gasteiger partial charge in [-0.1, -0.05) is 27.3 Å². The van der Waals surface area contributed by atoms with Crippen molar-refractivity contribution in [3.8, 4) is 0 Å². The molecule has 0 unspecified atom stereocenters. The molecule has 0 aliphatic heterocycles. The molecule has 10 heteroatoms. The van der Waals surface area contributed by atoms with Gasteiger partial charge in [-0.2, -0.15) is 0 Å². The van der Waals surface area contributed by atoms with Crippen LogP contribution in [0.1, 0.15) is 5.56 Å². The second-order valence-electron chi connectivity index (χ2n) is 4.19. The third-order valence-electron chi connectivity index (χ3n) is 2.47. The van der Waals surface area contributed by atoms with Crippen molar-refractivity contribution in [1.82, 2.24) is 0 Å². The Labute approximate surface area is 133 Å². The van der Waals surface area contributed by atoms with E-state index in [1.54, 1.807) is 12.1 Å². The number of thiophene rings is 1. The molecule has 1 aromatic carbocycles. The zero-order chi connectivity index (χ0) is 15.8. The van der Waals surface area contributed by atoms with Crippen LogP contribution in [0.5, 0.6) is 0 Å². The summed E-state index contributed by atoms with van der Waals surface area (Å²) in [5.41, 5.74) is 6.26. The predicted molar refractivity (Wildman–Crippen MR) is 85.1 cm³/mol. The van der Waals surface area contributed by atoms with Crippen LogP contribution in [0.2, 0.25) is 0 Å². The molecule has 0 spiro atoms. The average molecular weight is 392 g/mol. The van der Waals surface area contributed by atoms with Crippen molar-refractivity contribution in [3.05, 3.63) is 44.4 Å². The summed E-state index contributed by atoms with van der Waals surface area (Å²) < 4.78 is 27.3. The number of anilines is 2. The van der Waals surface area contributed by atoms with Crippen molar-refractivity contribution in [3.63, 3.8) is 0 Å². The highest BCUT2D eigenvalue weighted by atomic mass is 79.9. The van der Waals surface area contributed by atoms with Crippen molar-refractivity contribution in [2.75, 3.05) is 10.5 Å². The van der Waals surface area contributed by atoms with Crippen molar-refractivity contribution in [1.29, 1.82) is 0 Å². The van der Waals surface area contributed by atoms with Gasteiger partial charge in [-0.15, -0.1) is 0 Å².